The van der Waals surface area contributed by atoms with Crippen molar-refractivity contribution in [3.05, 3.63) is 65.8 Å². The predicted octanol–water partition coefficient (Wildman–Crippen LogP) is 3.50. The van der Waals surface area contributed by atoms with Crippen LogP contribution in [-0.2, 0) is 16.0 Å². The molecule has 3 heterocycles. The minimum Gasteiger partial charge on any atom is -0.379 e. The lowest BCUT2D eigenvalue weighted by molar-refractivity contribution is -0.118. The van der Waals surface area contributed by atoms with Crippen LogP contribution in [0.25, 0.3) is 11.3 Å². The minimum atomic E-state index is 0.114. The summed E-state index contributed by atoms with van der Waals surface area (Å²) >= 11 is 1.52. The van der Waals surface area contributed by atoms with Crippen molar-refractivity contribution >= 4 is 22.4 Å². The number of hydrogen-bond acceptors (Lipinski definition) is 6. The lowest BCUT2D eigenvalue weighted by Gasteiger charge is -2.29. The summed E-state index contributed by atoms with van der Waals surface area (Å²) in [6, 6.07) is 14.0. The topological polar surface area (TPSA) is 58.6 Å². The van der Waals surface area contributed by atoms with Crippen LogP contribution in [0.15, 0.2) is 60.2 Å². The SMILES string of the molecule is O=C(CCc1ccccc1)N(CCN1CCOCC1)c1nc(-c2ccncc2)cs1. The quantitative estimate of drug-likeness (QED) is 0.556. The highest BCUT2D eigenvalue weighted by Gasteiger charge is 2.21. The van der Waals surface area contributed by atoms with E-state index in [2.05, 4.69) is 22.0 Å². The van der Waals surface area contributed by atoms with Crippen LogP contribution in [0.3, 0.4) is 0 Å². The highest BCUT2D eigenvalue weighted by Crippen LogP contribution is 2.27. The number of nitrogens with zero attached hydrogens (tertiary/aromatic N) is 4. The lowest BCUT2D eigenvalue weighted by Crippen LogP contribution is -2.43. The molecule has 156 valence electrons. The molecule has 0 radical (unpaired) electrons. The molecule has 1 amide bonds. The summed E-state index contributed by atoms with van der Waals surface area (Å²) in [5, 5.41) is 2.77. The molecule has 0 saturated carbocycles. The number of hydrogen-bond donors (Lipinski definition) is 0. The van der Waals surface area contributed by atoms with Crippen LogP contribution in [-0.4, -0.2) is 60.2 Å². The van der Waals surface area contributed by atoms with Crippen LogP contribution >= 0.6 is 11.3 Å². The number of pyridine rings is 1. The number of rotatable bonds is 8. The molecule has 0 N–H and O–H groups in total. The molecule has 1 fully saturated rings. The third-order valence-electron chi connectivity index (χ3n) is 5.21. The van der Waals surface area contributed by atoms with Crippen LogP contribution < -0.4 is 4.90 Å². The number of anilines is 1. The average Bonchev–Trinajstić information content (AvgIpc) is 3.30. The summed E-state index contributed by atoms with van der Waals surface area (Å²) in [5.74, 6) is 0.114. The van der Waals surface area contributed by atoms with Gasteiger partial charge >= 0.3 is 0 Å². The maximum absolute atomic E-state index is 13.2. The van der Waals surface area contributed by atoms with Gasteiger partial charge in [-0.3, -0.25) is 19.6 Å². The summed E-state index contributed by atoms with van der Waals surface area (Å²) in [4.78, 5) is 26.2. The van der Waals surface area contributed by atoms with Gasteiger partial charge in [-0.2, -0.15) is 0 Å². The predicted molar refractivity (Wildman–Crippen MR) is 120 cm³/mol. The molecule has 1 aliphatic heterocycles. The number of amides is 1. The van der Waals surface area contributed by atoms with E-state index in [1.54, 1.807) is 12.4 Å². The van der Waals surface area contributed by atoms with E-state index < -0.39 is 0 Å². The zero-order valence-electron chi connectivity index (χ0n) is 16.9. The van der Waals surface area contributed by atoms with Gasteiger partial charge in [0.25, 0.3) is 0 Å². The smallest absolute Gasteiger partial charge is 0.229 e. The van der Waals surface area contributed by atoms with E-state index in [0.717, 1.165) is 55.7 Å². The first kappa shape index (κ1) is 20.7. The van der Waals surface area contributed by atoms with Crippen molar-refractivity contribution in [2.24, 2.45) is 0 Å². The fourth-order valence-corrected chi connectivity index (χ4v) is 4.34. The zero-order chi connectivity index (χ0) is 20.6. The molecule has 6 nitrogen and oxygen atoms in total. The van der Waals surface area contributed by atoms with Gasteiger partial charge < -0.3 is 4.74 Å². The van der Waals surface area contributed by atoms with Crippen molar-refractivity contribution in [2.45, 2.75) is 12.8 Å². The number of thiazole rings is 1. The Labute approximate surface area is 181 Å². The fourth-order valence-electron chi connectivity index (χ4n) is 3.47. The van der Waals surface area contributed by atoms with Gasteiger partial charge in [-0.05, 0) is 24.1 Å². The highest BCUT2D eigenvalue weighted by molar-refractivity contribution is 7.14. The highest BCUT2D eigenvalue weighted by atomic mass is 32.1. The normalized spacial score (nSPS) is 14.5. The third-order valence-corrected chi connectivity index (χ3v) is 6.08. The minimum absolute atomic E-state index is 0.114. The molecule has 30 heavy (non-hydrogen) atoms. The molecular weight excluding hydrogens is 396 g/mol. The van der Waals surface area contributed by atoms with Crippen LogP contribution in [0.4, 0.5) is 5.13 Å². The van der Waals surface area contributed by atoms with Crippen LogP contribution in [0, 0.1) is 0 Å². The number of benzene rings is 1. The van der Waals surface area contributed by atoms with Gasteiger partial charge in [-0.25, -0.2) is 4.98 Å². The van der Waals surface area contributed by atoms with Crippen molar-refractivity contribution in [1.82, 2.24) is 14.9 Å². The Balaban J connectivity index is 1.47. The van der Waals surface area contributed by atoms with Crippen LogP contribution in [0.5, 0.6) is 0 Å². The standard InChI is InChI=1S/C23H26N4O2S/c28-22(7-6-19-4-2-1-3-5-19)27(13-12-26-14-16-29-17-15-26)23-25-21(18-30-23)20-8-10-24-11-9-20/h1-5,8-11,18H,6-7,12-17H2. The summed E-state index contributed by atoms with van der Waals surface area (Å²) in [6.45, 7) is 4.79. The van der Waals surface area contributed by atoms with Crippen molar-refractivity contribution < 1.29 is 9.53 Å². The van der Waals surface area contributed by atoms with Gasteiger partial charge in [0.05, 0.1) is 18.9 Å². The molecule has 2 aromatic heterocycles. The second-order valence-electron chi connectivity index (χ2n) is 7.24. The second-order valence-corrected chi connectivity index (χ2v) is 8.07. The van der Waals surface area contributed by atoms with Crippen LogP contribution in [0.2, 0.25) is 0 Å². The van der Waals surface area contributed by atoms with E-state index in [0.29, 0.717) is 13.0 Å². The number of morpholine rings is 1. The molecule has 0 spiro atoms. The van der Waals surface area contributed by atoms with Crippen molar-refractivity contribution in [1.29, 1.82) is 0 Å². The van der Waals surface area contributed by atoms with Crippen molar-refractivity contribution in [2.75, 3.05) is 44.3 Å². The largest absolute Gasteiger partial charge is 0.379 e. The Kier molecular flexibility index (Phi) is 7.18. The average molecular weight is 423 g/mol. The van der Waals surface area contributed by atoms with Gasteiger partial charge in [0.2, 0.25) is 5.91 Å². The summed E-state index contributed by atoms with van der Waals surface area (Å²) < 4.78 is 5.44. The second kappa shape index (κ2) is 10.4. The van der Waals surface area contributed by atoms with E-state index in [1.807, 2.05) is 40.6 Å². The first-order valence-corrected chi connectivity index (χ1v) is 11.2. The van der Waals surface area contributed by atoms with E-state index in [1.165, 1.54) is 16.9 Å². The Morgan fingerprint density at radius 2 is 1.87 bits per heavy atom. The van der Waals surface area contributed by atoms with Gasteiger partial charge in [0, 0.05) is 55.9 Å². The van der Waals surface area contributed by atoms with E-state index in [9.17, 15) is 4.79 Å². The Morgan fingerprint density at radius 3 is 2.63 bits per heavy atom. The summed E-state index contributed by atoms with van der Waals surface area (Å²) in [5.41, 5.74) is 3.07. The first-order chi connectivity index (χ1) is 14.8. The lowest BCUT2D eigenvalue weighted by atomic mass is 10.1. The Bertz CT molecular complexity index is 927. The molecule has 1 aliphatic rings. The molecule has 0 unspecified atom stereocenters. The number of carbonyl (C=O) groups excluding carboxylic acids is 1. The fraction of sp³-hybridized carbons (Fsp3) is 0.348. The molecule has 0 aliphatic carbocycles. The van der Waals surface area contributed by atoms with Gasteiger partial charge in [0.1, 0.15) is 0 Å². The zero-order valence-corrected chi connectivity index (χ0v) is 17.8. The van der Waals surface area contributed by atoms with Gasteiger partial charge in [-0.1, -0.05) is 30.3 Å². The van der Waals surface area contributed by atoms with Crippen molar-refractivity contribution in [3.8, 4) is 11.3 Å². The summed E-state index contributed by atoms with van der Waals surface area (Å²) in [6.07, 6.45) is 4.72. The van der Waals surface area contributed by atoms with Gasteiger partial charge in [-0.15, -0.1) is 11.3 Å². The summed E-state index contributed by atoms with van der Waals surface area (Å²) in [7, 11) is 0. The van der Waals surface area contributed by atoms with Crippen molar-refractivity contribution in [3.63, 3.8) is 0 Å². The molecule has 3 aromatic rings. The van der Waals surface area contributed by atoms with E-state index in [4.69, 9.17) is 9.72 Å². The molecule has 1 aromatic carbocycles. The van der Waals surface area contributed by atoms with E-state index in [-0.39, 0.29) is 5.91 Å². The monoisotopic (exact) mass is 422 g/mol. The number of carbonyl (C=O) groups is 1. The Hall–Kier alpha value is -2.61. The molecule has 4 rings (SSSR count). The molecule has 7 heteroatoms. The van der Waals surface area contributed by atoms with Crippen LogP contribution in [0.1, 0.15) is 12.0 Å². The number of aromatic nitrogens is 2. The molecule has 1 saturated heterocycles. The van der Waals surface area contributed by atoms with Gasteiger partial charge in [0.15, 0.2) is 5.13 Å². The number of ether oxygens (including phenoxy) is 1. The third kappa shape index (κ3) is 5.50. The molecular formula is C23H26N4O2S. The Morgan fingerprint density at radius 1 is 1.10 bits per heavy atom. The maximum atomic E-state index is 13.2. The van der Waals surface area contributed by atoms with E-state index >= 15 is 0 Å². The first-order valence-electron chi connectivity index (χ1n) is 10.3. The maximum Gasteiger partial charge on any atom is 0.229 e. The number of aryl methyl sites for hydroxylation is 1. The molecule has 0 atom stereocenters. The molecule has 0 bridgehead atoms.